The predicted molar refractivity (Wildman–Crippen MR) is 214 cm³/mol. The fourth-order valence-corrected chi connectivity index (χ4v) is 7.07. The lowest BCUT2D eigenvalue weighted by atomic mass is 9.86. The van der Waals surface area contributed by atoms with Crippen molar-refractivity contribution in [3.63, 3.8) is 0 Å². The minimum absolute atomic E-state index is 0.0390. The standard InChI is InChI=1S/C44H40ClFN4O3S/c1-3-4-22-50(23-8-9-24-51)35-15-12-32(42(26-35)52-30-31-10-6-5-7-11-31)13-16-36-17-18-37(54-36)19-20-39-38(29-49)43(33(27-47)28-48)53-44(39,2)34-14-21-41(46)40(45)25-34/h5-7,10-21,25-26,51H,3-4,8-9,22-24,30H2,1-2H3/b16-13+,20-19+. The Morgan fingerprint density at radius 1 is 0.926 bits per heavy atom. The second-order valence-corrected chi connectivity index (χ2v) is 14.3. The fourth-order valence-electron chi connectivity index (χ4n) is 6.07. The molecular weight excluding hydrogens is 719 g/mol. The minimum Gasteiger partial charge on any atom is -0.488 e. The van der Waals surface area contributed by atoms with E-state index in [0.29, 0.717) is 17.7 Å². The van der Waals surface area contributed by atoms with Crippen LogP contribution in [0.4, 0.5) is 10.1 Å². The van der Waals surface area contributed by atoms with Crippen molar-refractivity contribution in [3.8, 4) is 24.0 Å². The summed E-state index contributed by atoms with van der Waals surface area (Å²) < 4.78 is 26.7. The largest absolute Gasteiger partial charge is 0.488 e. The number of nitrogens with zero attached hydrogens (tertiary/aromatic N) is 4. The van der Waals surface area contributed by atoms with E-state index in [1.54, 1.807) is 13.0 Å². The zero-order chi connectivity index (χ0) is 38.5. The van der Waals surface area contributed by atoms with Crippen molar-refractivity contribution in [1.82, 2.24) is 0 Å². The topological polar surface area (TPSA) is 113 Å². The normalized spacial score (nSPS) is 15.3. The molecule has 5 rings (SSSR count). The first-order valence-corrected chi connectivity index (χ1v) is 18.9. The van der Waals surface area contributed by atoms with Crippen LogP contribution >= 0.6 is 22.9 Å². The van der Waals surface area contributed by atoms with Gasteiger partial charge in [-0.1, -0.05) is 67.4 Å². The van der Waals surface area contributed by atoms with Crippen LogP contribution in [0.15, 0.2) is 107 Å². The van der Waals surface area contributed by atoms with Crippen LogP contribution in [-0.4, -0.2) is 24.8 Å². The molecule has 1 aromatic heterocycles. The quantitative estimate of drug-likeness (QED) is 0.0894. The SMILES string of the molecule is CCCCN(CCCCO)c1ccc(/C=C/c2ccc(/C=C/C3=C(C#N)C(=C(C#N)C#N)OC3(C)c3ccc(F)c(Cl)c3)s2)c(OCc2ccccc2)c1. The van der Waals surface area contributed by atoms with E-state index in [1.807, 2.05) is 72.8 Å². The number of allylic oxidation sites excluding steroid dienone is 2. The van der Waals surface area contributed by atoms with E-state index in [9.17, 15) is 25.3 Å². The number of ether oxygens (including phenoxy) is 2. The van der Waals surface area contributed by atoms with Crippen LogP contribution in [0.25, 0.3) is 18.2 Å². The Morgan fingerprint density at radius 2 is 1.65 bits per heavy atom. The maximum Gasteiger partial charge on any atom is 0.172 e. The lowest BCUT2D eigenvalue weighted by Crippen LogP contribution is -2.25. The summed E-state index contributed by atoms with van der Waals surface area (Å²) in [6, 6.07) is 30.1. The molecule has 2 heterocycles. The zero-order valence-electron chi connectivity index (χ0n) is 30.2. The molecule has 3 aromatic carbocycles. The first-order chi connectivity index (χ1) is 26.2. The molecule has 1 unspecified atom stereocenters. The van der Waals surface area contributed by atoms with Gasteiger partial charge >= 0.3 is 0 Å². The van der Waals surface area contributed by atoms with E-state index in [0.717, 1.165) is 71.1 Å². The fraction of sp³-hybridized carbons (Fsp3) is 0.250. The van der Waals surface area contributed by atoms with Crippen LogP contribution in [0.1, 0.15) is 66.0 Å². The van der Waals surface area contributed by atoms with Gasteiger partial charge in [0.15, 0.2) is 16.9 Å². The van der Waals surface area contributed by atoms with Crippen molar-refractivity contribution in [3.05, 3.63) is 145 Å². The molecule has 0 bridgehead atoms. The third kappa shape index (κ3) is 9.47. The highest BCUT2D eigenvalue weighted by molar-refractivity contribution is 7.13. The number of benzene rings is 3. The van der Waals surface area contributed by atoms with E-state index < -0.39 is 11.4 Å². The molecule has 0 radical (unpaired) electrons. The Balaban J connectivity index is 1.45. The third-order valence-corrected chi connectivity index (χ3v) is 10.4. The van der Waals surface area contributed by atoms with Gasteiger partial charge in [-0.3, -0.25) is 0 Å². The molecule has 0 saturated heterocycles. The Morgan fingerprint density at radius 3 is 2.31 bits per heavy atom. The highest BCUT2D eigenvalue weighted by Crippen LogP contribution is 2.48. The molecule has 7 nitrogen and oxygen atoms in total. The predicted octanol–water partition coefficient (Wildman–Crippen LogP) is 10.7. The molecule has 54 heavy (non-hydrogen) atoms. The summed E-state index contributed by atoms with van der Waals surface area (Å²) in [4.78, 5) is 4.21. The number of hydrogen-bond donors (Lipinski definition) is 1. The van der Waals surface area contributed by atoms with Gasteiger partial charge in [0.05, 0.1) is 5.02 Å². The summed E-state index contributed by atoms with van der Waals surface area (Å²) in [5.41, 5.74) is 2.30. The van der Waals surface area contributed by atoms with Crippen LogP contribution in [0, 0.1) is 39.8 Å². The molecular formula is C44H40ClFN4O3S. The average Bonchev–Trinajstić information content (AvgIpc) is 3.77. The van der Waals surface area contributed by atoms with Crippen molar-refractivity contribution >= 4 is 46.9 Å². The van der Waals surface area contributed by atoms with Crippen LogP contribution < -0.4 is 9.64 Å². The Kier molecular flexibility index (Phi) is 13.9. The molecule has 4 aromatic rings. The third-order valence-electron chi connectivity index (χ3n) is 9.06. The molecule has 274 valence electrons. The first-order valence-electron chi connectivity index (χ1n) is 17.7. The van der Waals surface area contributed by atoms with Crippen molar-refractivity contribution in [2.45, 2.75) is 51.7 Å². The Bertz CT molecular complexity index is 2190. The summed E-state index contributed by atoms with van der Waals surface area (Å²) >= 11 is 7.65. The number of rotatable bonds is 16. The second kappa shape index (κ2) is 18.9. The number of aliphatic hydroxyl groups is 1. The molecule has 0 amide bonds. The Labute approximate surface area is 325 Å². The summed E-state index contributed by atoms with van der Waals surface area (Å²) in [5, 5.41) is 38.6. The lowest BCUT2D eigenvalue weighted by Gasteiger charge is -2.27. The van der Waals surface area contributed by atoms with Crippen LogP contribution in [0.2, 0.25) is 5.02 Å². The highest BCUT2D eigenvalue weighted by atomic mass is 35.5. The van der Waals surface area contributed by atoms with E-state index in [-0.39, 0.29) is 28.5 Å². The van der Waals surface area contributed by atoms with Crippen LogP contribution in [0.3, 0.4) is 0 Å². The van der Waals surface area contributed by atoms with Crippen molar-refractivity contribution in [2.24, 2.45) is 0 Å². The van der Waals surface area contributed by atoms with Gasteiger partial charge in [-0.05, 0) is 86.4 Å². The van der Waals surface area contributed by atoms with E-state index >= 15 is 0 Å². The molecule has 0 aliphatic carbocycles. The molecule has 0 fully saturated rings. The molecule has 1 aliphatic rings. The van der Waals surface area contributed by atoms with Gasteiger partial charge in [0.2, 0.25) is 0 Å². The lowest BCUT2D eigenvalue weighted by molar-refractivity contribution is 0.0755. The van der Waals surface area contributed by atoms with E-state index in [4.69, 9.17) is 21.1 Å². The van der Waals surface area contributed by atoms with Gasteiger partial charge in [-0.25, -0.2) is 4.39 Å². The highest BCUT2D eigenvalue weighted by Gasteiger charge is 2.44. The molecule has 1 aliphatic heterocycles. The van der Waals surface area contributed by atoms with Crippen molar-refractivity contribution in [1.29, 1.82) is 15.8 Å². The maximum atomic E-state index is 14.1. The molecule has 10 heteroatoms. The van der Waals surface area contributed by atoms with E-state index in [1.165, 1.54) is 29.5 Å². The number of thiophene rings is 1. The maximum absolute atomic E-state index is 14.1. The summed E-state index contributed by atoms with van der Waals surface area (Å²) in [7, 11) is 0. The molecule has 1 N–H and O–H groups in total. The monoisotopic (exact) mass is 758 g/mol. The van der Waals surface area contributed by atoms with Gasteiger partial charge in [-0.2, -0.15) is 15.8 Å². The number of aliphatic hydroxyl groups excluding tert-OH is 1. The van der Waals surface area contributed by atoms with Gasteiger partial charge in [0, 0.05) is 57.9 Å². The van der Waals surface area contributed by atoms with Crippen LogP contribution in [0.5, 0.6) is 5.75 Å². The summed E-state index contributed by atoms with van der Waals surface area (Å²) in [5.74, 6) is 0.0282. The van der Waals surface area contributed by atoms with Crippen molar-refractivity contribution < 1.29 is 19.0 Å². The van der Waals surface area contributed by atoms with E-state index in [2.05, 4.69) is 36.1 Å². The number of nitriles is 3. The minimum atomic E-state index is -1.33. The van der Waals surface area contributed by atoms with Gasteiger partial charge < -0.3 is 19.5 Å². The van der Waals surface area contributed by atoms with Gasteiger partial charge in [0.1, 0.15) is 42.0 Å². The summed E-state index contributed by atoms with van der Waals surface area (Å²) in [6.07, 6.45) is 11.4. The van der Waals surface area contributed by atoms with Gasteiger partial charge in [0.25, 0.3) is 0 Å². The number of hydrogen-bond acceptors (Lipinski definition) is 8. The smallest absolute Gasteiger partial charge is 0.172 e. The summed E-state index contributed by atoms with van der Waals surface area (Å²) in [6.45, 7) is 6.25. The Hall–Kier alpha value is -5.63. The number of anilines is 1. The molecule has 1 atom stereocenters. The number of unbranched alkanes of at least 4 members (excludes halogenated alkanes) is 2. The van der Waals surface area contributed by atoms with Crippen molar-refractivity contribution in [2.75, 3.05) is 24.6 Å². The zero-order valence-corrected chi connectivity index (χ0v) is 31.8. The second-order valence-electron chi connectivity index (χ2n) is 12.8. The number of halogens is 2. The first kappa shape index (κ1) is 39.6. The van der Waals surface area contributed by atoms with Gasteiger partial charge in [-0.15, -0.1) is 11.3 Å². The average molecular weight is 759 g/mol. The molecule has 0 saturated carbocycles. The molecule has 0 spiro atoms. The van der Waals surface area contributed by atoms with Crippen LogP contribution in [-0.2, 0) is 16.9 Å².